The third-order valence-corrected chi connectivity index (χ3v) is 5.60. The van der Waals surface area contributed by atoms with Crippen LogP contribution in [0.4, 0.5) is 0 Å². The number of hydrogen-bond acceptors (Lipinski definition) is 3. The third kappa shape index (κ3) is 3.68. The first-order chi connectivity index (χ1) is 14.2. The number of pyridine rings is 1. The van der Waals surface area contributed by atoms with Gasteiger partial charge in [-0.2, -0.15) is 5.26 Å². The molecule has 3 heteroatoms. The summed E-state index contributed by atoms with van der Waals surface area (Å²) in [5.74, 6) is 0. The second-order valence-corrected chi connectivity index (χ2v) is 7.60. The summed E-state index contributed by atoms with van der Waals surface area (Å²) in [5.41, 5.74) is 7.78. The van der Waals surface area contributed by atoms with Gasteiger partial charge in [0.15, 0.2) is 0 Å². The molecule has 0 N–H and O–H groups in total. The molecule has 0 fully saturated rings. The van der Waals surface area contributed by atoms with Crippen molar-refractivity contribution in [2.24, 2.45) is 0 Å². The van der Waals surface area contributed by atoms with Crippen molar-refractivity contribution in [3.8, 4) is 39.6 Å². The van der Waals surface area contributed by atoms with E-state index in [0.717, 1.165) is 38.5 Å². The normalized spacial score (nSPS) is 10.5. The Morgan fingerprint density at radius 3 is 1.83 bits per heavy atom. The van der Waals surface area contributed by atoms with Gasteiger partial charge in [0.1, 0.15) is 11.1 Å². The number of aromatic nitrogens is 1. The Morgan fingerprint density at radius 1 is 0.724 bits per heavy atom. The van der Waals surface area contributed by atoms with Crippen LogP contribution < -0.4 is 0 Å². The number of aryl methyl sites for hydroxylation is 1. The van der Waals surface area contributed by atoms with Crippen molar-refractivity contribution in [1.82, 2.24) is 4.98 Å². The van der Waals surface area contributed by atoms with E-state index in [0.29, 0.717) is 5.56 Å². The highest BCUT2D eigenvalue weighted by molar-refractivity contribution is 7.98. The maximum absolute atomic E-state index is 10.1. The van der Waals surface area contributed by atoms with Gasteiger partial charge in [-0.15, -0.1) is 11.8 Å². The molecule has 2 nitrogen and oxygen atoms in total. The van der Waals surface area contributed by atoms with Crippen LogP contribution >= 0.6 is 11.8 Å². The zero-order valence-electron chi connectivity index (χ0n) is 16.4. The summed E-state index contributed by atoms with van der Waals surface area (Å²) in [6.45, 7) is 2.07. The molecular formula is C26H20N2S. The fourth-order valence-electron chi connectivity index (χ4n) is 3.51. The predicted molar refractivity (Wildman–Crippen MR) is 122 cm³/mol. The fraction of sp³-hybridized carbons (Fsp3) is 0.0769. The molecule has 0 saturated carbocycles. The smallest absolute Gasteiger partial charge is 0.115 e. The van der Waals surface area contributed by atoms with Gasteiger partial charge in [0.05, 0.1) is 11.3 Å². The van der Waals surface area contributed by atoms with Crippen LogP contribution in [0.3, 0.4) is 0 Å². The minimum atomic E-state index is 0.625. The Labute approximate surface area is 175 Å². The van der Waals surface area contributed by atoms with Gasteiger partial charge in [0.25, 0.3) is 0 Å². The van der Waals surface area contributed by atoms with Gasteiger partial charge >= 0.3 is 0 Å². The van der Waals surface area contributed by atoms with Gasteiger partial charge < -0.3 is 0 Å². The van der Waals surface area contributed by atoms with Crippen molar-refractivity contribution in [2.75, 3.05) is 6.26 Å². The molecule has 0 saturated heterocycles. The summed E-state index contributed by atoms with van der Waals surface area (Å²) in [6.07, 6.45) is 1.97. The first kappa shape index (κ1) is 19.0. The SMILES string of the molecule is CSc1nc(-c2ccccc2)c(-c2ccccc2)c(-c2ccc(C)cc2)c1C#N. The van der Waals surface area contributed by atoms with E-state index < -0.39 is 0 Å². The van der Waals surface area contributed by atoms with Crippen LogP contribution in [0.5, 0.6) is 0 Å². The lowest BCUT2D eigenvalue weighted by Gasteiger charge is -2.19. The molecule has 140 valence electrons. The average molecular weight is 393 g/mol. The van der Waals surface area contributed by atoms with Crippen LogP contribution in [0.15, 0.2) is 90.0 Å². The summed E-state index contributed by atoms with van der Waals surface area (Å²) in [7, 11) is 0. The molecule has 0 unspecified atom stereocenters. The maximum Gasteiger partial charge on any atom is 0.115 e. The van der Waals surface area contributed by atoms with Crippen LogP contribution in [0.25, 0.3) is 33.5 Å². The summed E-state index contributed by atoms with van der Waals surface area (Å²) in [4.78, 5) is 4.95. The molecule has 0 bridgehead atoms. The molecule has 29 heavy (non-hydrogen) atoms. The summed E-state index contributed by atoms with van der Waals surface area (Å²) < 4.78 is 0. The lowest BCUT2D eigenvalue weighted by atomic mass is 9.88. The van der Waals surface area contributed by atoms with Gasteiger partial charge in [0, 0.05) is 16.7 Å². The Balaban J connectivity index is 2.17. The Kier molecular flexibility index (Phi) is 5.46. The van der Waals surface area contributed by atoms with Crippen LogP contribution in [0.1, 0.15) is 11.1 Å². The number of benzene rings is 3. The van der Waals surface area contributed by atoms with E-state index in [1.54, 1.807) is 0 Å². The molecule has 0 spiro atoms. The molecule has 3 aromatic carbocycles. The monoisotopic (exact) mass is 392 g/mol. The van der Waals surface area contributed by atoms with E-state index in [-0.39, 0.29) is 0 Å². The molecule has 4 aromatic rings. The van der Waals surface area contributed by atoms with Crippen molar-refractivity contribution in [3.05, 3.63) is 96.1 Å². The van der Waals surface area contributed by atoms with Crippen molar-refractivity contribution in [1.29, 1.82) is 5.26 Å². The van der Waals surface area contributed by atoms with Gasteiger partial charge in [-0.05, 0) is 24.3 Å². The number of hydrogen-bond donors (Lipinski definition) is 0. The Morgan fingerprint density at radius 2 is 1.28 bits per heavy atom. The van der Waals surface area contributed by atoms with E-state index >= 15 is 0 Å². The highest BCUT2D eigenvalue weighted by Crippen LogP contribution is 2.43. The fourth-order valence-corrected chi connectivity index (χ4v) is 4.05. The summed E-state index contributed by atoms with van der Waals surface area (Å²) in [5, 5.41) is 10.8. The number of rotatable bonds is 4. The summed E-state index contributed by atoms with van der Waals surface area (Å²) in [6, 6.07) is 31.2. The Bertz CT molecular complexity index is 1180. The van der Waals surface area contributed by atoms with Crippen molar-refractivity contribution >= 4 is 11.8 Å². The van der Waals surface area contributed by atoms with Crippen molar-refractivity contribution in [2.45, 2.75) is 11.9 Å². The topological polar surface area (TPSA) is 36.7 Å². The van der Waals surface area contributed by atoms with Gasteiger partial charge in [0.2, 0.25) is 0 Å². The first-order valence-electron chi connectivity index (χ1n) is 9.43. The lowest BCUT2D eigenvalue weighted by molar-refractivity contribution is 1.12. The average Bonchev–Trinajstić information content (AvgIpc) is 2.79. The molecule has 0 aliphatic heterocycles. The lowest BCUT2D eigenvalue weighted by Crippen LogP contribution is -2.00. The zero-order chi connectivity index (χ0) is 20.2. The van der Waals surface area contributed by atoms with Gasteiger partial charge in [-0.1, -0.05) is 90.5 Å². The van der Waals surface area contributed by atoms with E-state index in [2.05, 4.69) is 61.5 Å². The second kappa shape index (κ2) is 8.34. The van der Waals surface area contributed by atoms with Crippen LogP contribution in [-0.4, -0.2) is 11.2 Å². The van der Waals surface area contributed by atoms with Crippen LogP contribution in [0.2, 0.25) is 0 Å². The van der Waals surface area contributed by atoms with E-state index in [4.69, 9.17) is 4.98 Å². The minimum absolute atomic E-state index is 0.625. The Hall–Kier alpha value is -3.35. The van der Waals surface area contributed by atoms with Crippen LogP contribution in [-0.2, 0) is 0 Å². The van der Waals surface area contributed by atoms with Crippen molar-refractivity contribution < 1.29 is 0 Å². The van der Waals surface area contributed by atoms with E-state index in [9.17, 15) is 5.26 Å². The quantitative estimate of drug-likeness (QED) is 0.351. The second-order valence-electron chi connectivity index (χ2n) is 6.80. The van der Waals surface area contributed by atoms with Crippen LogP contribution in [0, 0.1) is 18.3 Å². The standard InChI is InChI=1S/C26H20N2S/c1-18-13-15-20(16-14-18)23-22(17-27)26(29-2)28-25(21-11-7-4-8-12-21)24(23)19-9-5-3-6-10-19/h3-16H,1-2H3. The maximum atomic E-state index is 10.1. The van der Waals surface area contributed by atoms with Crippen molar-refractivity contribution in [3.63, 3.8) is 0 Å². The molecule has 0 amide bonds. The largest absolute Gasteiger partial charge is 0.239 e. The van der Waals surface area contributed by atoms with E-state index in [1.165, 1.54) is 17.3 Å². The molecule has 1 aromatic heterocycles. The highest BCUT2D eigenvalue weighted by atomic mass is 32.2. The zero-order valence-corrected chi connectivity index (χ0v) is 17.2. The molecular weight excluding hydrogens is 372 g/mol. The number of thioether (sulfide) groups is 1. The third-order valence-electron chi connectivity index (χ3n) is 4.92. The predicted octanol–water partition coefficient (Wildman–Crippen LogP) is 6.98. The minimum Gasteiger partial charge on any atom is -0.239 e. The molecule has 0 aliphatic carbocycles. The van der Waals surface area contributed by atoms with Gasteiger partial charge in [-0.3, -0.25) is 0 Å². The number of nitriles is 1. The molecule has 4 rings (SSSR count). The number of nitrogens with zero attached hydrogens (tertiary/aromatic N) is 2. The molecule has 1 heterocycles. The molecule has 0 aliphatic rings. The van der Waals surface area contributed by atoms with E-state index in [1.807, 2.05) is 42.7 Å². The first-order valence-corrected chi connectivity index (χ1v) is 10.7. The molecule has 0 radical (unpaired) electrons. The highest BCUT2D eigenvalue weighted by Gasteiger charge is 2.22. The van der Waals surface area contributed by atoms with Gasteiger partial charge in [-0.25, -0.2) is 4.98 Å². The summed E-state index contributed by atoms with van der Waals surface area (Å²) >= 11 is 1.51. The molecule has 0 atom stereocenters.